The quantitative estimate of drug-likeness (QED) is 0.469. The molecule has 0 bridgehead atoms. The van der Waals surface area contributed by atoms with E-state index in [1.165, 1.54) is 30.5 Å². The van der Waals surface area contributed by atoms with Crippen LogP contribution in [0.25, 0.3) is 0 Å². The van der Waals surface area contributed by atoms with Gasteiger partial charge in [-0.15, -0.1) is 0 Å². The summed E-state index contributed by atoms with van der Waals surface area (Å²) in [5.41, 5.74) is 1.16. The summed E-state index contributed by atoms with van der Waals surface area (Å²) in [6.07, 6.45) is 1.47. The molecule has 0 radical (unpaired) electrons. The van der Waals surface area contributed by atoms with Gasteiger partial charge in [-0.05, 0) is 54.6 Å². The number of hydrogen-bond acceptors (Lipinski definition) is 6. The third kappa shape index (κ3) is 6.42. The van der Waals surface area contributed by atoms with Crippen LogP contribution in [0, 0.1) is 0 Å². The number of methoxy groups -OCH3 is 1. The lowest BCUT2D eigenvalue weighted by molar-refractivity contribution is 0.102. The van der Waals surface area contributed by atoms with Crippen LogP contribution in [0.1, 0.15) is 10.4 Å². The van der Waals surface area contributed by atoms with Crippen molar-refractivity contribution >= 4 is 38.9 Å². The Hall–Kier alpha value is -3.14. The first-order chi connectivity index (χ1) is 14.9. The SMILES string of the molecule is COCCOc1ccc(NC(=O)c2ccc(S(=O)(=O)Nc3ccc(Cl)cc3)cc2)cn1. The molecule has 0 unspecified atom stereocenters. The summed E-state index contributed by atoms with van der Waals surface area (Å²) in [5, 5.41) is 3.20. The first-order valence-corrected chi connectivity index (χ1v) is 11.0. The number of rotatable bonds is 9. The fraction of sp³-hybridized carbons (Fsp3) is 0.143. The summed E-state index contributed by atoms with van der Waals surface area (Å²) in [4.78, 5) is 16.6. The number of nitrogens with one attached hydrogen (secondary N) is 2. The lowest BCUT2D eigenvalue weighted by Crippen LogP contribution is -2.15. The number of halogens is 1. The molecular formula is C21H20ClN3O5S. The predicted octanol–water partition coefficient (Wildman–Crippen LogP) is 3.81. The van der Waals surface area contributed by atoms with Crippen molar-refractivity contribution in [3.63, 3.8) is 0 Å². The van der Waals surface area contributed by atoms with Gasteiger partial charge < -0.3 is 14.8 Å². The predicted molar refractivity (Wildman–Crippen MR) is 118 cm³/mol. The van der Waals surface area contributed by atoms with E-state index in [0.717, 1.165) is 0 Å². The number of ether oxygens (including phenoxy) is 2. The molecule has 0 atom stereocenters. The molecule has 3 rings (SSSR count). The Labute approximate surface area is 185 Å². The van der Waals surface area contributed by atoms with Gasteiger partial charge in [0.05, 0.1) is 23.4 Å². The van der Waals surface area contributed by atoms with E-state index in [-0.39, 0.29) is 4.90 Å². The van der Waals surface area contributed by atoms with Crippen LogP contribution < -0.4 is 14.8 Å². The monoisotopic (exact) mass is 461 g/mol. The fourth-order valence-electron chi connectivity index (χ4n) is 2.49. The van der Waals surface area contributed by atoms with Crippen molar-refractivity contribution in [2.24, 2.45) is 0 Å². The highest BCUT2D eigenvalue weighted by molar-refractivity contribution is 7.92. The van der Waals surface area contributed by atoms with Gasteiger partial charge in [-0.2, -0.15) is 0 Å². The lowest BCUT2D eigenvalue weighted by atomic mass is 10.2. The van der Waals surface area contributed by atoms with Crippen molar-refractivity contribution in [3.05, 3.63) is 77.4 Å². The summed E-state index contributed by atoms with van der Waals surface area (Å²) < 4.78 is 37.7. The van der Waals surface area contributed by atoms with Crippen molar-refractivity contribution < 1.29 is 22.7 Å². The highest BCUT2D eigenvalue weighted by Crippen LogP contribution is 2.19. The van der Waals surface area contributed by atoms with Gasteiger partial charge in [-0.3, -0.25) is 9.52 Å². The number of benzene rings is 2. The molecule has 0 spiro atoms. The van der Waals surface area contributed by atoms with Crippen LogP contribution in [0.3, 0.4) is 0 Å². The van der Waals surface area contributed by atoms with Crippen molar-refractivity contribution in [2.75, 3.05) is 30.4 Å². The maximum absolute atomic E-state index is 12.5. The second-order valence-electron chi connectivity index (χ2n) is 6.32. The molecule has 1 heterocycles. The van der Waals surface area contributed by atoms with Gasteiger partial charge in [0.1, 0.15) is 6.61 Å². The molecule has 8 nitrogen and oxygen atoms in total. The van der Waals surface area contributed by atoms with E-state index in [2.05, 4.69) is 15.0 Å². The maximum atomic E-state index is 12.5. The molecule has 1 amide bonds. The van der Waals surface area contributed by atoms with E-state index in [9.17, 15) is 13.2 Å². The fourth-order valence-corrected chi connectivity index (χ4v) is 3.67. The molecule has 31 heavy (non-hydrogen) atoms. The number of amides is 1. The van der Waals surface area contributed by atoms with Crippen LogP contribution in [0.15, 0.2) is 71.8 Å². The summed E-state index contributed by atoms with van der Waals surface area (Å²) in [6, 6.07) is 15.2. The minimum Gasteiger partial charge on any atom is -0.475 e. The smallest absolute Gasteiger partial charge is 0.261 e. The highest BCUT2D eigenvalue weighted by Gasteiger charge is 2.15. The molecule has 1 aromatic heterocycles. The maximum Gasteiger partial charge on any atom is 0.261 e. The number of carbonyl (C=O) groups excluding carboxylic acids is 1. The summed E-state index contributed by atoms with van der Waals surface area (Å²) in [5.74, 6) is 0.0160. The molecule has 162 valence electrons. The molecule has 0 aliphatic carbocycles. The Kier molecular flexibility index (Phi) is 7.45. The molecule has 0 aliphatic heterocycles. The van der Waals surface area contributed by atoms with E-state index < -0.39 is 15.9 Å². The third-order valence-corrected chi connectivity index (χ3v) is 5.70. The van der Waals surface area contributed by atoms with E-state index in [1.54, 1.807) is 43.5 Å². The van der Waals surface area contributed by atoms with Gasteiger partial charge in [0, 0.05) is 29.4 Å². The molecule has 0 fully saturated rings. The van der Waals surface area contributed by atoms with Crippen molar-refractivity contribution in [2.45, 2.75) is 4.90 Å². The van der Waals surface area contributed by atoms with Crippen molar-refractivity contribution in [1.29, 1.82) is 0 Å². The normalized spacial score (nSPS) is 11.0. The van der Waals surface area contributed by atoms with Crippen LogP contribution in [0.2, 0.25) is 5.02 Å². The standard InChI is InChI=1S/C21H20ClN3O5S/c1-29-12-13-30-20-11-8-18(14-23-20)24-21(26)15-2-9-19(10-3-15)31(27,28)25-17-6-4-16(22)5-7-17/h2-11,14,25H,12-13H2,1H3,(H,24,26). The molecule has 0 saturated heterocycles. The van der Waals surface area contributed by atoms with Gasteiger partial charge in [-0.25, -0.2) is 13.4 Å². The van der Waals surface area contributed by atoms with Gasteiger partial charge in [-0.1, -0.05) is 11.6 Å². The average Bonchev–Trinajstić information content (AvgIpc) is 2.77. The molecule has 2 N–H and O–H groups in total. The Bertz CT molecular complexity index is 1120. The van der Waals surface area contributed by atoms with Crippen LogP contribution >= 0.6 is 11.6 Å². The second-order valence-corrected chi connectivity index (χ2v) is 8.44. The van der Waals surface area contributed by atoms with Crippen LogP contribution in [0.4, 0.5) is 11.4 Å². The number of hydrogen-bond donors (Lipinski definition) is 2. The summed E-state index contributed by atoms with van der Waals surface area (Å²) in [6.45, 7) is 0.818. The summed E-state index contributed by atoms with van der Waals surface area (Å²) >= 11 is 5.81. The minimum absolute atomic E-state index is 0.0261. The van der Waals surface area contributed by atoms with E-state index in [1.807, 2.05) is 0 Å². The average molecular weight is 462 g/mol. The number of anilines is 2. The molecule has 0 aliphatic rings. The minimum atomic E-state index is -3.80. The zero-order valence-corrected chi connectivity index (χ0v) is 18.1. The van der Waals surface area contributed by atoms with Gasteiger partial charge in [0.15, 0.2) is 0 Å². The van der Waals surface area contributed by atoms with Crippen molar-refractivity contribution in [1.82, 2.24) is 4.98 Å². The van der Waals surface area contributed by atoms with Crippen LogP contribution in [-0.2, 0) is 14.8 Å². The molecule has 3 aromatic rings. The van der Waals surface area contributed by atoms with Gasteiger partial charge >= 0.3 is 0 Å². The van der Waals surface area contributed by atoms with Crippen molar-refractivity contribution in [3.8, 4) is 5.88 Å². The van der Waals surface area contributed by atoms with Gasteiger partial charge in [0.25, 0.3) is 15.9 Å². The zero-order chi connectivity index (χ0) is 22.3. The Morgan fingerprint density at radius 1 is 0.968 bits per heavy atom. The first-order valence-electron chi connectivity index (χ1n) is 9.15. The van der Waals surface area contributed by atoms with E-state index >= 15 is 0 Å². The first kappa shape index (κ1) is 22.5. The number of carbonyl (C=O) groups is 1. The third-order valence-electron chi connectivity index (χ3n) is 4.05. The highest BCUT2D eigenvalue weighted by atomic mass is 35.5. The molecule has 10 heteroatoms. The Morgan fingerprint density at radius 2 is 1.65 bits per heavy atom. The Morgan fingerprint density at radius 3 is 2.26 bits per heavy atom. The number of pyridine rings is 1. The van der Waals surface area contributed by atoms with Gasteiger partial charge in [0.2, 0.25) is 5.88 Å². The number of nitrogens with zero attached hydrogens (tertiary/aromatic N) is 1. The lowest BCUT2D eigenvalue weighted by Gasteiger charge is -2.10. The Balaban J connectivity index is 1.62. The number of sulfonamides is 1. The van der Waals surface area contributed by atoms with E-state index in [0.29, 0.717) is 41.1 Å². The topological polar surface area (TPSA) is 107 Å². The van der Waals surface area contributed by atoms with E-state index in [4.69, 9.17) is 21.1 Å². The molecule has 0 saturated carbocycles. The molecular weight excluding hydrogens is 442 g/mol. The van der Waals surface area contributed by atoms with Crippen LogP contribution in [0.5, 0.6) is 5.88 Å². The van der Waals surface area contributed by atoms with Crippen LogP contribution in [-0.4, -0.2) is 39.6 Å². The second kappa shape index (κ2) is 10.3. The summed E-state index contributed by atoms with van der Waals surface area (Å²) in [7, 11) is -2.22. The number of aromatic nitrogens is 1. The molecule has 2 aromatic carbocycles. The largest absolute Gasteiger partial charge is 0.475 e. The zero-order valence-electron chi connectivity index (χ0n) is 16.5.